The smallest absolute Gasteiger partial charge is 0.475 e. The highest BCUT2D eigenvalue weighted by Gasteiger charge is 2.38. The summed E-state index contributed by atoms with van der Waals surface area (Å²) in [5.74, 6) is -2.76. The Labute approximate surface area is 92.4 Å². The number of sulfonamides is 1. The van der Waals surface area contributed by atoms with Gasteiger partial charge in [-0.3, -0.25) is 0 Å². The molecule has 0 radical (unpaired) electrons. The van der Waals surface area contributed by atoms with Gasteiger partial charge in [0.2, 0.25) is 10.0 Å². The molecule has 0 saturated heterocycles. The minimum Gasteiger partial charge on any atom is -0.475 e. The molecule has 0 fully saturated rings. The van der Waals surface area contributed by atoms with Crippen molar-refractivity contribution in [3.8, 4) is 0 Å². The van der Waals surface area contributed by atoms with Gasteiger partial charge >= 0.3 is 12.1 Å². The first-order chi connectivity index (χ1) is 7.05. The van der Waals surface area contributed by atoms with Gasteiger partial charge in [0.05, 0.1) is 0 Å². The van der Waals surface area contributed by atoms with Crippen LogP contribution in [0, 0.1) is 0 Å². The first-order valence-corrected chi connectivity index (χ1v) is 5.84. The maximum Gasteiger partial charge on any atom is 0.490 e. The molecule has 16 heavy (non-hydrogen) atoms. The molecule has 0 saturated carbocycles. The van der Waals surface area contributed by atoms with Gasteiger partial charge in [0, 0.05) is 0 Å². The summed E-state index contributed by atoms with van der Waals surface area (Å²) in [5, 5.41) is 13.6. The number of halogens is 3. The van der Waals surface area contributed by atoms with Gasteiger partial charge in [-0.25, -0.2) is 18.4 Å². The maximum absolute atomic E-state index is 10.6. The number of hydrogen-bond donors (Lipinski definition) is 2. The van der Waals surface area contributed by atoms with Gasteiger partial charge in [-0.05, 0) is 11.4 Å². The Morgan fingerprint density at radius 2 is 1.88 bits per heavy atom. The van der Waals surface area contributed by atoms with Gasteiger partial charge in [0.15, 0.2) is 0 Å². The number of alkyl halides is 3. The summed E-state index contributed by atoms with van der Waals surface area (Å²) in [6, 6.07) is 3.12. The zero-order chi connectivity index (χ0) is 13.0. The van der Waals surface area contributed by atoms with Crippen molar-refractivity contribution in [1.82, 2.24) is 0 Å². The molecule has 10 heteroatoms. The minimum absolute atomic E-state index is 0.211. The average molecular weight is 277 g/mol. The van der Waals surface area contributed by atoms with Gasteiger partial charge < -0.3 is 5.11 Å². The van der Waals surface area contributed by atoms with Crippen LogP contribution >= 0.6 is 11.3 Å². The Morgan fingerprint density at radius 3 is 2.00 bits per heavy atom. The second-order valence-corrected chi connectivity index (χ2v) is 5.02. The quantitative estimate of drug-likeness (QED) is 0.801. The molecule has 1 aromatic heterocycles. The number of aliphatic carboxylic acids is 1. The van der Waals surface area contributed by atoms with Crippen LogP contribution in [0.1, 0.15) is 0 Å². The molecule has 0 atom stereocenters. The number of carboxylic acids is 1. The second-order valence-electron chi connectivity index (χ2n) is 2.28. The number of carboxylic acid groups (broad SMARTS) is 1. The van der Waals surface area contributed by atoms with Crippen LogP contribution in [0.4, 0.5) is 13.2 Å². The van der Waals surface area contributed by atoms with Gasteiger partial charge in [-0.15, -0.1) is 11.3 Å². The van der Waals surface area contributed by atoms with Crippen LogP contribution in [0.15, 0.2) is 21.7 Å². The predicted octanol–water partition coefficient (Wildman–Crippen LogP) is 1.03. The third-order valence-electron chi connectivity index (χ3n) is 1.02. The van der Waals surface area contributed by atoms with Crippen molar-refractivity contribution in [3.63, 3.8) is 0 Å². The molecule has 1 aromatic rings. The fourth-order valence-electron chi connectivity index (χ4n) is 0.425. The molecule has 0 bridgehead atoms. The third kappa shape index (κ3) is 5.68. The molecule has 0 amide bonds. The molecule has 0 aliphatic heterocycles. The summed E-state index contributed by atoms with van der Waals surface area (Å²) in [4.78, 5) is 8.90. The third-order valence-corrected chi connectivity index (χ3v) is 3.36. The van der Waals surface area contributed by atoms with Crippen LogP contribution < -0.4 is 5.14 Å². The highest BCUT2D eigenvalue weighted by atomic mass is 32.2. The van der Waals surface area contributed by atoms with E-state index in [1.54, 1.807) is 11.4 Å². The molecule has 0 spiro atoms. The molecule has 1 rings (SSSR count). The molecule has 0 unspecified atom stereocenters. The van der Waals surface area contributed by atoms with E-state index < -0.39 is 22.2 Å². The lowest BCUT2D eigenvalue weighted by molar-refractivity contribution is -0.192. The number of rotatable bonds is 1. The van der Waals surface area contributed by atoms with E-state index in [9.17, 15) is 21.6 Å². The van der Waals surface area contributed by atoms with E-state index in [4.69, 9.17) is 15.0 Å². The maximum atomic E-state index is 10.6. The Hall–Kier alpha value is -1.13. The largest absolute Gasteiger partial charge is 0.490 e. The number of hydrogen-bond acceptors (Lipinski definition) is 4. The second kappa shape index (κ2) is 5.27. The fraction of sp³-hybridized carbons (Fsp3) is 0.167. The van der Waals surface area contributed by atoms with Crippen molar-refractivity contribution < 1.29 is 31.5 Å². The Kier molecular flexibility index (Phi) is 4.90. The lowest BCUT2D eigenvalue weighted by Gasteiger charge is -1.93. The monoisotopic (exact) mass is 277 g/mol. The average Bonchev–Trinajstić information content (AvgIpc) is 2.52. The normalized spacial score (nSPS) is 11.5. The lowest BCUT2D eigenvalue weighted by atomic mass is 10.7. The first kappa shape index (κ1) is 14.9. The van der Waals surface area contributed by atoms with E-state index in [0.717, 1.165) is 11.3 Å². The van der Waals surface area contributed by atoms with Gasteiger partial charge in [-0.2, -0.15) is 13.2 Å². The van der Waals surface area contributed by atoms with Crippen molar-refractivity contribution in [3.05, 3.63) is 17.5 Å². The lowest BCUT2D eigenvalue weighted by Crippen LogP contribution is -2.21. The Morgan fingerprint density at radius 1 is 1.44 bits per heavy atom. The summed E-state index contributed by atoms with van der Waals surface area (Å²) >= 11 is 1.12. The number of primary sulfonamides is 1. The summed E-state index contributed by atoms with van der Waals surface area (Å²) in [5.41, 5.74) is 0. The van der Waals surface area contributed by atoms with Crippen molar-refractivity contribution in [2.24, 2.45) is 5.14 Å². The fourth-order valence-corrected chi connectivity index (χ4v) is 1.85. The zero-order valence-electron chi connectivity index (χ0n) is 7.43. The summed E-state index contributed by atoms with van der Waals surface area (Å²) in [6.45, 7) is 0. The van der Waals surface area contributed by atoms with E-state index in [1.807, 2.05) is 0 Å². The number of nitrogens with two attached hydrogens (primary N) is 1. The molecule has 5 nitrogen and oxygen atoms in total. The number of carbonyl (C=O) groups is 1. The SMILES string of the molecule is NS(=O)(=O)c1cccs1.O=C(O)C(F)(F)F. The van der Waals surface area contributed by atoms with Crippen LogP contribution in [0.2, 0.25) is 0 Å². The molecule has 0 aliphatic rings. The van der Waals surface area contributed by atoms with Gasteiger partial charge in [0.25, 0.3) is 0 Å². The van der Waals surface area contributed by atoms with E-state index >= 15 is 0 Å². The minimum atomic E-state index is -5.08. The highest BCUT2D eigenvalue weighted by molar-refractivity contribution is 7.91. The summed E-state index contributed by atoms with van der Waals surface area (Å²) in [7, 11) is -3.44. The molecule has 92 valence electrons. The Bertz CT molecular complexity index is 437. The zero-order valence-corrected chi connectivity index (χ0v) is 9.06. The van der Waals surface area contributed by atoms with Crippen LogP contribution in [0.3, 0.4) is 0 Å². The topological polar surface area (TPSA) is 97.5 Å². The molecule has 0 aromatic carbocycles. The van der Waals surface area contributed by atoms with E-state index in [0.29, 0.717) is 0 Å². The summed E-state index contributed by atoms with van der Waals surface area (Å²) in [6.07, 6.45) is -5.08. The standard InChI is InChI=1S/C4H5NO2S2.C2HF3O2/c5-9(6,7)4-2-1-3-8-4;3-2(4,5)1(6)7/h1-3H,(H2,5,6,7);(H,6,7). The molecule has 3 N–H and O–H groups in total. The highest BCUT2D eigenvalue weighted by Crippen LogP contribution is 2.13. The number of thiophene rings is 1. The predicted molar refractivity (Wildman–Crippen MR) is 49.4 cm³/mol. The summed E-state index contributed by atoms with van der Waals surface area (Å²) < 4.78 is 52.9. The molecule has 0 aliphatic carbocycles. The Balaban J connectivity index is 0.000000293. The molecular formula is C6H6F3NO4S2. The van der Waals surface area contributed by atoms with Crippen molar-refractivity contribution in [2.45, 2.75) is 10.4 Å². The van der Waals surface area contributed by atoms with Gasteiger partial charge in [-0.1, -0.05) is 6.07 Å². The van der Waals surface area contributed by atoms with E-state index in [1.165, 1.54) is 6.07 Å². The molecular weight excluding hydrogens is 271 g/mol. The van der Waals surface area contributed by atoms with Gasteiger partial charge in [0.1, 0.15) is 4.21 Å². The van der Waals surface area contributed by atoms with Crippen LogP contribution in [0.5, 0.6) is 0 Å². The van der Waals surface area contributed by atoms with Crippen molar-refractivity contribution in [1.29, 1.82) is 0 Å². The molecule has 1 heterocycles. The van der Waals surface area contributed by atoms with Crippen molar-refractivity contribution >= 4 is 27.3 Å². The van der Waals surface area contributed by atoms with E-state index in [2.05, 4.69) is 0 Å². The van der Waals surface area contributed by atoms with Crippen LogP contribution in [-0.2, 0) is 14.8 Å². The van der Waals surface area contributed by atoms with Crippen LogP contribution in [0.25, 0.3) is 0 Å². The van der Waals surface area contributed by atoms with E-state index in [-0.39, 0.29) is 4.21 Å². The first-order valence-electron chi connectivity index (χ1n) is 3.41. The van der Waals surface area contributed by atoms with Crippen LogP contribution in [-0.4, -0.2) is 25.7 Å². The van der Waals surface area contributed by atoms with Crippen molar-refractivity contribution in [2.75, 3.05) is 0 Å².